The summed E-state index contributed by atoms with van der Waals surface area (Å²) < 4.78 is 20.6. The first kappa shape index (κ1) is 16.2. The lowest BCUT2D eigenvalue weighted by Gasteiger charge is -2.10. The second-order valence-electron chi connectivity index (χ2n) is 4.44. The first-order valence-electron chi connectivity index (χ1n) is 6.58. The largest absolute Gasteiger partial charge is 0.435 e. The van der Waals surface area contributed by atoms with E-state index >= 15 is 0 Å². The highest BCUT2D eigenvalue weighted by atomic mass is 79.9. The number of aromatic nitrogens is 1. The summed E-state index contributed by atoms with van der Waals surface area (Å²) in [4.78, 5) is 3.93. The van der Waals surface area contributed by atoms with Crippen LogP contribution in [-0.4, -0.2) is 11.5 Å². The standard InChI is InChI=1S/C15H15BrClFN2O/c1-2-6-19-9-10-5-7-20-15(14(10)18)21-13-8-11(16)3-4-12(13)17/h3-5,7-8,19H,2,6,9H2,1H3. The fourth-order valence-corrected chi connectivity index (χ4v) is 2.23. The molecule has 0 aliphatic carbocycles. The summed E-state index contributed by atoms with van der Waals surface area (Å²) in [5, 5.41) is 3.54. The normalized spacial score (nSPS) is 10.7. The van der Waals surface area contributed by atoms with E-state index in [9.17, 15) is 4.39 Å². The van der Waals surface area contributed by atoms with E-state index in [1.165, 1.54) is 6.20 Å². The van der Waals surface area contributed by atoms with Crippen molar-refractivity contribution in [2.75, 3.05) is 6.54 Å². The van der Waals surface area contributed by atoms with E-state index < -0.39 is 5.82 Å². The highest BCUT2D eigenvalue weighted by molar-refractivity contribution is 9.10. The predicted octanol–water partition coefficient (Wildman–Crippen LogP) is 4.93. The minimum absolute atomic E-state index is 0.0780. The molecule has 112 valence electrons. The van der Waals surface area contributed by atoms with Crippen molar-refractivity contribution in [3.63, 3.8) is 0 Å². The summed E-state index contributed by atoms with van der Waals surface area (Å²) in [7, 11) is 0. The van der Waals surface area contributed by atoms with Gasteiger partial charge in [-0.1, -0.05) is 34.5 Å². The molecule has 0 amide bonds. The van der Waals surface area contributed by atoms with E-state index in [1.54, 1.807) is 24.3 Å². The lowest BCUT2D eigenvalue weighted by atomic mass is 10.2. The van der Waals surface area contributed by atoms with Crippen molar-refractivity contribution in [1.82, 2.24) is 10.3 Å². The molecule has 0 spiro atoms. The number of nitrogens with one attached hydrogen (secondary N) is 1. The van der Waals surface area contributed by atoms with Gasteiger partial charge in [0, 0.05) is 22.8 Å². The maximum Gasteiger partial charge on any atom is 0.256 e. The van der Waals surface area contributed by atoms with E-state index in [0.29, 0.717) is 22.9 Å². The zero-order chi connectivity index (χ0) is 15.2. The highest BCUT2D eigenvalue weighted by Crippen LogP contribution is 2.32. The van der Waals surface area contributed by atoms with Gasteiger partial charge >= 0.3 is 0 Å². The summed E-state index contributed by atoms with van der Waals surface area (Å²) in [6, 6.07) is 6.76. The van der Waals surface area contributed by atoms with Gasteiger partial charge in [-0.15, -0.1) is 0 Å². The van der Waals surface area contributed by atoms with Crippen LogP contribution in [0, 0.1) is 5.82 Å². The monoisotopic (exact) mass is 372 g/mol. The number of pyridine rings is 1. The average molecular weight is 374 g/mol. The van der Waals surface area contributed by atoms with Gasteiger partial charge < -0.3 is 10.1 Å². The van der Waals surface area contributed by atoms with Gasteiger partial charge in [0.15, 0.2) is 5.82 Å². The van der Waals surface area contributed by atoms with Crippen molar-refractivity contribution in [1.29, 1.82) is 0 Å². The fraction of sp³-hybridized carbons (Fsp3) is 0.267. The first-order valence-corrected chi connectivity index (χ1v) is 7.76. The highest BCUT2D eigenvalue weighted by Gasteiger charge is 2.13. The third kappa shape index (κ3) is 4.40. The van der Waals surface area contributed by atoms with Crippen molar-refractivity contribution in [3.8, 4) is 11.6 Å². The first-order chi connectivity index (χ1) is 10.1. The Balaban J connectivity index is 2.20. The molecule has 1 aromatic heterocycles. The minimum atomic E-state index is -0.475. The van der Waals surface area contributed by atoms with Crippen LogP contribution in [0.25, 0.3) is 0 Å². The van der Waals surface area contributed by atoms with Crippen LogP contribution in [0.1, 0.15) is 18.9 Å². The van der Waals surface area contributed by atoms with Gasteiger partial charge in [-0.05, 0) is 37.2 Å². The molecule has 6 heteroatoms. The summed E-state index contributed by atoms with van der Waals surface area (Å²) >= 11 is 9.35. The summed E-state index contributed by atoms with van der Waals surface area (Å²) in [5.74, 6) is -0.195. The van der Waals surface area contributed by atoms with Crippen LogP contribution in [0.5, 0.6) is 11.6 Å². The smallest absolute Gasteiger partial charge is 0.256 e. The molecule has 0 radical (unpaired) electrons. The van der Waals surface area contributed by atoms with Crippen LogP contribution in [0.15, 0.2) is 34.9 Å². The van der Waals surface area contributed by atoms with Crippen molar-refractivity contribution >= 4 is 27.5 Å². The fourth-order valence-electron chi connectivity index (χ4n) is 1.73. The molecular weight excluding hydrogens is 359 g/mol. The molecule has 1 N–H and O–H groups in total. The molecule has 0 fully saturated rings. The van der Waals surface area contributed by atoms with Crippen molar-refractivity contribution in [2.45, 2.75) is 19.9 Å². The summed E-state index contributed by atoms with van der Waals surface area (Å²) in [6.07, 6.45) is 2.51. The summed E-state index contributed by atoms with van der Waals surface area (Å²) in [6.45, 7) is 3.32. The maximum atomic E-state index is 14.3. The van der Waals surface area contributed by atoms with E-state index in [-0.39, 0.29) is 5.88 Å². The molecule has 1 heterocycles. The predicted molar refractivity (Wildman–Crippen MR) is 85.4 cm³/mol. The van der Waals surface area contributed by atoms with Crippen LogP contribution in [0.2, 0.25) is 5.02 Å². The van der Waals surface area contributed by atoms with Crippen LogP contribution in [0.3, 0.4) is 0 Å². The Labute approximate surface area is 136 Å². The number of nitrogens with zero attached hydrogens (tertiary/aromatic N) is 1. The second-order valence-corrected chi connectivity index (χ2v) is 5.77. The van der Waals surface area contributed by atoms with E-state index in [0.717, 1.165) is 17.4 Å². The number of rotatable bonds is 6. The Morgan fingerprint density at radius 3 is 2.95 bits per heavy atom. The SMILES string of the molecule is CCCNCc1ccnc(Oc2cc(Br)ccc2Cl)c1F. The molecule has 0 saturated carbocycles. The Morgan fingerprint density at radius 2 is 2.19 bits per heavy atom. The molecule has 0 bridgehead atoms. The zero-order valence-electron chi connectivity index (χ0n) is 11.5. The molecule has 0 atom stereocenters. The Bertz CT molecular complexity index is 625. The molecule has 21 heavy (non-hydrogen) atoms. The number of hydrogen-bond donors (Lipinski definition) is 1. The Morgan fingerprint density at radius 1 is 1.38 bits per heavy atom. The Hall–Kier alpha value is -1.17. The Kier molecular flexibility index (Phi) is 5.96. The van der Waals surface area contributed by atoms with Crippen molar-refractivity contribution < 1.29 is 9.13 Å². The summed E-state index contributed by atoms with van der Waals surface area (Å²) in [5.41, 5.74) is 0.513. The molecular formula is C15H15BrClFN2O. The molecule has 0 saturated heterocycles. The van der Waals surface area contributed by atoms with Crippen molar-refractivity contribution in [3.05, 3.63) is 51.3 Å². The van der Waals surface area contributed by atoms with Crippen LogP contribution < -0.4 is 10.1 Å². The molecule has 0 aliphatic heterocycles. The molecule has 3 nitrogen and oxygen atoms in total. The number of hydrogen-bond acceptors (Lipinski definition) is 3. The van der Waals surface area contributed by atoms with Crippen LogP contribution in [0.4, 0.5) is 4.39 Å². The zero-order valence-corrected chi connectivity index (χ0v) is 13.8. The van der Waals surface area contributed by atoms with Gasteiger partial charge in [0.1, 0.15) is 5.75 Å². The quantitative estimate of drug-likeness (QED) is 0.729. The number of benzene rings is 1. The molecule has 2 rings (SSSR count). The van der Waals surface area contributed by atoms with Gasteiger partial charge in [-0.25, -0.2) is 9.37 Å². The number of ether oxygens (including phenoxy) is 1. The lowest BCUT2D eigenvalue weighted by molar-refractivity contribution is 0.417. The van der Waals surface area contributed by atoms with Gasteiger partial charge in [0.2, 0.25) is 0 Å². The van der Waals surface area contributed by atoms with E-state index in [2.05, 4.69) is 33.2 Å². The third-order valence-electron chi connectivity index (χ3n) is 2.78. The molecule has 0 aliphatic rings. The lowest BCUT2D eigenvalue weighted by Crippen LogP contribution is -2.15. The minimum Gasteiger partial charge on any atom is -0.435 e. The second kappa shape index (κ2) is 7.73. The van der Waals surface area contributed by atoms with E-state index in [4.69, 9.17) is 16.3 Å². The van der Waals surface area contributed by atoms with Crippen LogP contribution in [-0.2, 0) is 6.54 Å². The van der Waals surface area contributed by atoms with Gasteiger partial charge in [-0.3, -0.25) is 0 Å². The van der Waals surface area contributed by atoms with Gasteiger partial charge in [0.25, 0.3) is 5.88 Å². The maximum absolute atomic E-state index is 14.3. The van der Waals surface area contributed by atoms with Gasteiger partial charge in [0.05, 0.1) is 5.02 Å². The number of halogens is 3. The molecule has 2 aromatic rings. The van der Waals surface area contributed by atoms with E-state index in [1.807, 2.05) is 0 Å². The van der Waals surface area contributed by atoms with Crippen molar-refractivity contribution in [2.24, 2.45) is 0 Å². The molecule has 0 unspecified atom stereocenters. The topological polar surface area (TPSA) is 34.2 Å². The average Bonchev–Trinajstić information content (AvgIpc) is 2.47. The van der Waals surface area contributed by atoms with Gasteiger partial charge in [-0.2, -0.15) is 0 Å². The third-order valence-corrected chi connectivity index (χ3v) is 3.58. The van der Waals surface area contributed by atoms with Crippen LogP contribution >= 0.6 is 27.5 Å². The molecule has 1 aromatic carbocycles.